The van der Waals surface area contributed by atoms with Crippen molar-refractivity contribution in [3.05, 3.63) is 0 Å². The number of hydrogen-bond donors (Lipinski definition) is 1. The largest absolute Gasteiger partial charge is 0.324 e. The molecule has 16 heavy (non-hydrogen) atoms. The van der Waals surface area contributed by atoms with E-state index in [0.29, 0.717) is 11.3 Å². The third kappa shape index (κ3) is 2.61. The summed E-state index contributed by atoms with van der Waals surface area (Å²) in [5.41, 5.74) is 7.23. The summed E-state index contributed by atoms with van der Waals surface area (Å²) >= 11 is 0. The highest BCUT2D eigenvalue weighted by atomic mass is 14.8. The van der Waals surface area contributed by atoms with E-state index in [0.717, 1.165) is 5.92 Å². The third-order valence-electron chi connectivity index (χ3n) is 4.88. The Labute approximate surface area is 102 Å². The van der Waals surface area contributed by atoms with Gasteiger partial charge in [0.25, 0.3) is 0 Å². The summed E-state index contributed by atoms with van der Waals surface area (Å²) < 4.78 is 0. The van der Waals surface area contributed by atoms with Gasteiger partial charge in [-0.3, -0.25) is 0 Å². The van der Waals surface area contributed by atoms with Crippen molar-refractivity contribution in [2.75, 3.05) is 0 Å². The number of nitrogens with two attached hydrogens (primary N) is 1. The molecular formula is C15H31N. The second kappa shape index (κ2) is 5.08. The standard InChI is InChI=1S/C15H31N/c1-6-13(11-12(2)3)15(16)10-8-7-9-14(15,4)5/h12-13H,6-11,16H2,1-5H3/t13-,15?/m0/s1. The molecule has 0 aromatic heterocycles. The fraction of sp³-hybridized carbons (Fsp3) is 1.00. The zero-order valence-corrected chi connectivity index (χ0v) is 12.0. The molecule has 1 unspecified atom stereocenters. The Morgan fingerprint density at radius 3 is 2.12 bits per heavy atom. The fourth-order valence-electron chi connectivity index (χ4n) is 3.62. The van der Waals surface area contributed by atoms with E-state index in [2.05, 4.69) is 34.6 Å². The molecule has 96 valence electrons. The van der Waals surface area contributed by atoms with Crippen LogP contribution in [0.25, 0.3) is 0 Å². The van der Waals surface area contributed by atoms with Gasteiger partial charge in [0.1, 0.15) is 0 Å². The van der Waals surface area contributed by atoms with Gasteiger partial charge < -0.3 is 5.73 Å². The molecule has 2 N–H and O–H groups in total. The normalized spacial score (nSPS) is 31.7. The van der Waals surface area contributed by atoms with Gasteiger partial charge in [-0.1, -0.05) is 53.9 Å². The summed E-state index contributed by atoms with van der Waals surface area (Å²) in [6.07, 6.45) is 7.75. The molecule has 0 aromatic carbocycles. The van der Waals surface area contributed by atoms with E-state index in [1.165, 1.54) is 38.5 Å². The number of hydrogen-bond acceptors (Lipinski definition) is 1. The molecule has 1 saturated carbocycles. The van der Waals surface area contributed by atoms with E-state index < -0.39 is 0 Å². The summed E-state index contributed by atoms with van der Waals surface area (Å²) in [6, 6.07) is 0. The van der Waals surface area contributed by atoms with Crippen molar-refractivity contribution in [1.82, 2.24) is 0 Å². The van der Waals surface area contributed by atoms with E-state index >= 15 is 0 Å². The second-order valence-corrected chi connectivity index (χ2v) is 6.87. The van der Waals surface area contributed by atoms with Gasteiger partial charge in [-0.05, 0) is 36.5 Å². The molecule has 1 aliphatic carbocycles. The first-order valence-corrected chi connectivity index (χ1v) is 7.12. The maximum Gasteiger partial charge on any atom is 0.0234 e. The second-order valence-electron chi connectivity index (χ2n) is 6.87. The van der Waals surface area contributed by atoms with Gasteiger partial charge in [0.2, 0.25) is 0 Å². The summed E-state index contributed by atoms with van der Waals surface area (Å²) in [5.74, 6) is 1.46. The van der Waals surface area contributed by atoms with Gasteiger partial charge >= 0.3 is 0 Å². The summed E-state index contributed by atoms with van der Waals surface area (Å²) in [5, 5.41) is 0. The summed E-state index contributed by atoms with van der Waals surface area (Å²) in [6.45, 7) is 11.7. The van der Waals surface area contributed by atoms with Crippen molar-refractivity contribution in [1.29, 1.82) is 0 Å². The Balaban J connectivity index is 2.86. The zero-order chi connectivity index (χ0) is 12.4. The van der Waals surface area contributed by atoms with Crippen LogP contribution in [0.4, 0.5) is 0 Å². The molecule has 0 aliphatic heterocycles. The molecule has 0 heterocycles. The Hall–Kier alpha value is -0.0400. The summed E-state index contributed by atoms with van der Waals surface area (Å²) in [7, 11) is 0. The van der Waals surface area contributed by atoms with Crippen LogP contribution in [0.5, 0.6) is 0 Å². The first-order valence-electron chi connectivity index (χ1n) is 7.12. The summed E-state index contributed by atoms with van der Waals surface area (Å²) in [4.78, 5) is 0. The van der Waals surface area contributed by atoms with Crippen molar-refractivity contribution in [2.24, 2.45) is 23.0 Å². The smallest absolute Gasteiger partial charge is 0.0234 e. The molecule has 0 bridgehead atoms. The van der Waals surface area contributed by atoms with Crippen LogP contribution >= 0.6 is 0 Å². The maximum atomic E-state index is 6.84. The van der Waals surface area contributed by atoms with Crippen LogP contribution in [-0.4, -0.2) is 5.54 Å². The Bertz CT molecular complexity index is 219. The van der Waals surface area contributed by atoms with Crippen LogP contribution < -0.4 is 5.73 Å². The molecule has 1 fully saturated rings. The topological polar surface area (TPSA) is 26.0 Å². The van der Waals surface area contributed by atoms with Gasteiger partial charge in [0, 0.05) is 5.54 Å². The first-order chi connectivity index (χ1) is 7.33. The molecule has 2 atom stereocenters. The van der Waals surface area contributed by atoms with Gasteiger partial charge in [0.05, 0.1) is 0 Å². The molecule has 1 heteroatoms. The van der Waals surface area contributed by atoms with Crippen molar-refractivity contribution >= 4 is 0 Å². The monoisotopic (exact) mass is 225 g/mol. The highest BCUT2D eigenvalue weighted by Gasteiger charge is 2.47. The van der Waals surface area contributed by atoms with E-state index in [1.807, 2.05) is 0 Å². The quantitative estimate of drug-likeness (QED) is 0.756. The van der Waals surface area contributed by atoms with E-state index in [9.17, 15) is 0 Å². The molecule has 0 saturated heterocycles. The van der Waals surface area contributed by atoms with Crippen LogP contribution in [-0.2, 0) is 0 Å². The molecule has 0 radical (unpaired) electrons. The zero-order valence-electron chi connectivity index (χ0n) is 12.0. The van der Waals surface area contributed by atoms with Crippen molar-refractivity contribution < 1.29 is 0 Å². The minimum absolute atomic E-state index is 0.0737. The van der Waals surface area contributed by atoms with E-state index in [1.54, 1.807) is 0 Å². The van der Waals surface area contributed by atoms with E-state index in [4.69, 9.17) is 5.73 Å². The highest BCUT2D eigenvalue weighted by molar-refractivity contribution is 5.04. The molecule has 1 rings (SSSR count). The van der Waals surface area contributed by atoms with Gasteiger partial charge in [0.15, 0.2) is 0 Å². The highest BCUT2D eigenvalue weighted by Crippen LogP contribution is 2.48. The van der Waals surface area contributed by atoms with Crippen LogP contribution in [0.15, 0.2) is 0 Å². The Morgan fingerprint density at radius 2 is 1.69 bits per heavy atom. The Morgan fingerprint density at radius 1 is 1.12 bits per heavy atom. The lowest BCUT2D eigenvalue weighted by Crippen LogP contribution is -2.59. The van der Waals surface area contributed by atoms with Crippen LogP contribution in [0.3, 0.4) is 0 Å². The van der Waals surface area contributed by atoms with Crippen molar-refractivity contribution in [3.63, 3.8) is 0 Å². The van der Waals surface area contributed by atoms with Crippen molar-refractivity contribution in [3.8, 4) is 0 Å². The third-order valence-corrected chi connectivity index (χ3v) is 4.88. The lowest BCUT2D eigenvalue weighted by atomic mass is 9.57. The minimum Gasteiger partial charge on any atom is -0.324 e. The molecule has 1 nitrogen and oxygen atoms in total. The Kier molecular flexibility index (Phi) is 4.45. The predicted octanol–water partition coefficient (Wildman–Crippen LogP) is 4.36. The predicted molar refractivity (Wildman–Crippen MR) is 72.4 cm³/mol. The minimum atomic E-state index is 0.0737. The SMILES string of the molecule is CC[C@@H](CC(C)C)C1(N)CCCCC1(C)C. The average Bonchev–Trinajstić information content (AvgIpc) is 2.18. The lowest BCUT2D eigenvalue weighted by Gasteiger charge is -2.53. The lowest BCUT2D eigenvalue weighted by molar-refractivity contribution is 0.0328. The van der Waals surface area contributed by atoms with Crippen molar-refractivity contribution in [2.45, 2.75) is 78.7 Å². The molecule has 0 spiro atoms. The van der Waals surface area contributed by atoms with Gasteiger partial charge in [-0.15, -0.1) is 0 Å². The molecule has 1 aliphatic rings. The molecule has 0 aromatic rings. The maximum absolute atomic E-state index is 6.84. The van der Waals surface area contributed by atoms with Gasteiger partial charge in [-0.25, -0.2) is 0 Å². The average molecular weight is 225 g/mol. The molecule has 0 amide bonds. The van der Waals surface area contributed by atoms with Crippen LogP contribution in [0.1, 0.15) is 73.1 Å². The van der Waals surface area contributed by atoms with Crippen LogP contribution in [0.2, 0.25) is 0 Å². The van der Waals surface area contributed by atoms with Gasteiger partial charge in [-0.2, -0.15) is 0 Å². The first kappa shape index (κ1) is 14.0. The molecular weight excluding hydrogens is 194 g/mol. The van der Waals surface area contributed by atoms with Crippen LogP contribution in [0, 0.1) is 17.3 Å². The number of rotatable bonds is 4. The van der Waals surface area contributed by atoms with E-state index in [-0.39, 0.29) is 5.54 Å². The fourth-order valence-corrected chi connectivity index (χ4v) is 3.62.